The maximum absolute atomic E-state index is 10.5. The zero-order valence-electron chi connectivity index (χ0n) is 10.8. The molecule has 0 saturated heterocycles. The lowest BCUT2D eigenvalue weighted by atomic mass is 9.88. The minimum Gasteiger partial charge on any atom is -0.396 e. The first kappa shape index (κ1) is 15.1. The van der Waals surface area contributed by atoms with E-state index in [0.29, 0.717) is 6.54 Å². The molecule has 0 aliphatic carbocycles. The highest BCUT2D eigenvalue weighted by Gasteiger charge is 2.17. The first-order valence-electron chi connectivity index (χ1n) is 5.98. The molecule has 0 aromatic carbocycles. The molecule has 1 rings (SSSR count). The first-order chi connectivity index (χ1) is 8.44. The lowest BCUT2D eigenvalue weighted by molar-refractivity contribution is -0.380. The van der Waals surface area contributed by atoms with Crippen LogP contribution in [0.1, 0.15) is 32.3 Å². The Morgan fingerprint density at radius 3 is 2.83 bits per heavy atom. The molecule has 0 saturated carbocycles. The van der Waals surface area contributed by atoms with Crippen LogP contribution in [0.4, 0.5) is 5.00 Å². The third-order valence-electron chi connectivity index (χ3n) is 2.76. The molecular formula is C12H20N2O3S. The largest absolute Gasteiger partial charge is 0.396 e. The molecule has 2 N–H and O–H groups in total. The molecule has 0 aliphatic rings. The molecule has 1 aromatic rings. The van der Waals surface area contributed by atoms with Crippen molar-refractivity contribution in [1.29, 1.82) is 0 Å². The number of hydrogen-bond acceptors (Lipinski definition) is 5. The minimum atomic E-state index is -0.362. The Hall–Kier alpha value is -0.980. The van der Waals surface area contributed by atoms with Crippen LogP contribution in [0, 0.1) is 15.5 Å². The van der Waals surface area contributed by atoms with Gasteiger partial charge in [0.1, 0.15) is 0 Å². The molecule has 0 amide bonds. The Morgan fingerprint density at radius 1 is 1.56 bits per heavy atom. The van der Waals surface area contributed by atoms with Gasteiger partial charge in [-0.05, 0) is 23.8 Å². The lowest BCUT2D eigenvalue weighted by Gasteiger charge is -2.24. The van der Waals surface area contributed by atoms with Gasteiger partial charge < -0.3 is 10.4 Å². The standard InChI is InChI=1S/C12H20N2O3S/c1-12(2,4-3-5-15)9-13-7-10-6-11(14(16)17)18-8-10/h6,8,13,15H,3-5,7,9H2,1-2H3. The van der Waals surface area contributed by atoms with E-state index in [1.165, 1.54) is 0 Å². The molecule has 102 valence electrons. The summed E-state index contributed by atoms with van der Waals surface area (Å²) in [5.74, 6) is 0. The van der Waals surface area contributed by atoms with E-state index in [-0.39, 0.29) is 21.9 Å². The Kier molecular flexibility index (Phi) is 5.71. The molecule has 0 atom stereocenters. The van der Waals surface area contributed by atoms with Crippen molar-refractivity contribution < 1.29 is 10.0 Å². The summed E-state index contributed by atoms with van der Waals surface area (Å²) in [5.41, 5.74) is 1.08. The van der Waals surface area contributed by atoms with Crippen LogP contribution < -0.4 is 5.32 Å². The van der Waals surface area contributed by atoms with E-state index in [1.807, 2.05) is 5.38 Å². The van der Waals surface area contributed by atoms with Gasteiger partial charge in [-0.3, -0.25) is 10.1 Å². The van der Waals surface area contributed by atoms with Crippen molar-refractivity contribution in [2.24, 2.45) is 5.41 Å². The minimum absolute atomic E-state index is 0.130. The van der Waals surface area contributed by atoms with Crippen LogP contribution >= 0.6 is 11.3 Å². The molecule has 0 unspecified atom stereocenters. The smallest absolute Gasteiger partial charge is 0.324 e. The number of nitro groups is 1. The van der Waals surface area contributed by atoms with Crippen molar-refractivity contribution in [3.05, 3.63) is 27.1 Å². The van der Waals surface area contributed by atoms with Gasteiger partial charge in [-0.15, -0.1) is 0 Å². The van der Waals surface area contributed by atoms with Gasteiger partial charge in [0.25, 0.3) is 0 Å². The van der Waals surface area contributed by atoms with Crippen molar-refractivity contribution in [3.63, 3.8) is 0 Å². The Bertz CT molecular complexity index is 390. The summed E-state index contributed by atoms with van der Waals surface area (Å²) >= 11 is 1.16. The summed E-state index contributed by atoms with van der Waals surface area (Å²) in [6.45, 7) is 5.99. The Labute approximate surface area is 111 Å². The third kappa shape index (κ3) is 5.12. The topological polar surface area (TPSA) is 75.4 Å². The summed E-state index contributed by atoms with van der Waals surface area (Å²) in [6, 6.07) is 1.61. The van der Waals surface area contributed by atoms with E-state index in [2.05, 4.69) is 19.2 Å². The molecule has 0 fully saturated rings. The first-order valence-corrected chi connectivity index (χ1v) is 6.86. The average molecular weight is 272 g/mol. The summed E-state index contributed by atoms with van der Waals surface area (Å²) in [5, 5.41) is 24.6. The second kappa shape index (κ2) is 6.82. The van der Waals surface area contributed by atoms with Gasteiger partial charge in [-0.25, -0.2) is 0 Å². The van der Waals surface area contributed by atoms with Crippen LogP contribution in [0.5, 0.6) is 0 Å². The average Bonchev–Trinajstić information content (AvgIpc) is 2.75. The van der Waals surface area contributed by atoms with Gasteiger partial charge in [0.2, 0.25) is 0 Å². The van der Waals surface area contributed by atoms with Crippen LogP contribution in [0.2, 0.25) is 0 Å². The van der Waals surface area contributed by atoms with Gasteiger partial charge in [0.15, 0.2) is 0 Å². The number of hydrogen-bond donors (Lipinski definition) is 2. The maximum atomic E-state index is 10.5. The molecule has 5 nitrogen and oxygen atoms in total. The number of aliphatic hydroxyl groups is 1. The fourth-order valence-electron chi connectivity index (χ4n) is 1.74. The predicted molar refractivity (Wildman–Crippen MR) is 72.8 cm³/mol. The monoisotopic (exact) mass is 272 g/mol. The van der Waals surface area contributed by atoms with Crippen LogP contribution in [-0.4, -0.2) is 23.2 Å². The Balaban J connectivity index is 2.34. The van der Waals surface area contributed by atoms with E-state index in [9.17, 15) is 10.1 Å². The molecule has 1 aromatic heterocycles. The molecular weight excluding hydrogens is 252 g/mol. The SMILES string of the molecule is CC(C)(CCCO)CNCc1csc([N+](=O)[O-])c1. The fraction of sp³-hybridized carbons (Fsp3) is 0.667. The van der Waals surface area contributed by atoms with Crippen LogP contribution in [0.15, 0.2) is 11.4 Å². The second-order valence-corrected chi connectivity index (χ2v) is 6.03. The highest BCUT2D eigenvalue weighted by molar-refractivity contribution is 7.13. The molecule has 6 heteroatoms. The summed E-state index contributed by atoms with van der Waals surface area (Å²) in [7, 11) is 0. The van der Waals surface area contributed by atoms with E-state index >= 15 is 0 Å². The van der Waals surface area contributed by atoms with Gasteiger partial charge in [-0.1, -0.05) is 25.2 Å². The molecule has 1 heterocycles. The van der Waals surface area contributed by atoms with Crippen molar-refractivity contribution in [3.8, 4) is 0 Å². The van der Waals surface area contributed by atoms with Crippen LogP contribution in [0.25, 0.3) is 0 Å². The third-order valence-corrected chi connectivity index (χ3v) is 3.69. The lowest BCUT2D eigenvalue weighted by Crippen LogP contribution is -2.29. The van der Waals surface area contributed by atoms with Gasteiger partial charge in [0.05, 0.1) is 4.92 Å². The van der Waals surface area contributed by atoms with E-state index in [4.69, 9.17) is 5.11 Å². The maximum Gasteiger partial charge on any atom is 0.324 e. The van der Waals surface area contributed by atoms with Crippen molar-refractivity contribution in [1.82, 2.24) is 5.32 Å². The van der Waals surface area contributed by atoms with Crippen LogP contribution in [0.3, 0.4) is 0 Å². The van der Waals surface area contributed by atoms with Crippen molar-refractivity contribution >= 4 is 16.3 Å². The quantitative estimate of drug-likeness (QED) is 0.563. The predicted octanol–water partition coefficient (Wildman–Crippen LogP) is 2.54. The zero-order chi connectivity index (χ0) is 13.6. The number of aliphatic hydroxyl groups excluding tert-OH is 1. The number of rotatable bonds is 8. The van der Waals surface area contributed by atoms with Gasteiger partial charge in [0, 0.05) is 31.1 Å². The Morgan fingerprint density at radius 2 is 2.28 bits per heavy atom. The molecule has 0 aliphatic heterocycles. The number of nitrogens with zero attached hydrogens (tertiary/aromatic N) is 1. The zero-order valence-corrected chi connectivity index (χ0v) is 11.6. The fourth-order valence-corrected chi connectivity index (χ4v) is 2.47. The van der Waals surface area contributed by atoms with Gasteiger partial charge >= 0.3 is 5.00 Å². The molecule has 18 heavy (non-hydrogen) atoms. The number of thiophene rings is 1. The molecule has 0 radical (unpaired) electrons. The summed E-state index contributed by atoms with van der Waals surface area (Å²) < 4.78 is 0. The van der Waals surface area contributed by atoms with Crippen molar-refractivity contribution in [2.45, 2.75) is 33.2 Å². The second-order valence-electron chi connectivity index (χ2n) is 5.15. The normalized spacial score (nSPS) is 11.7. The van der Waals surface area contributed by atoms with E-state index < -0.39 is 0 Å². The molecule has 0 bridgehead atoms. The molecule has 0 spiro atoms. The highest BCUT2D eigenvalue weighted by Crippen LogP contribution is 2.23. The van der Waals surface area contributed by atoms with Gasteiger partial charge in [-0.2, -0.15) is 0 Å². The summed E-state index contributed by atoms with van der Waals surface area (Å²) in [4.78, 5) is 10.2. The highest BCUT2D eigenvalue weighted by atomic mass is 32.1. The summed E-state index contributed by atoms with van der Waals surface area (Å²) in [6.07, 6.45) is 1.76. The van der Waals surface area contributed by atoms with Crippen molar-refractivity contribution in [2.75, 3.05) is 13.2 Å². The van der Waals surface area contributed by atoms with Crippen LogP contribution in [-0.2, 0) is 6.54 Å². The van der Waals surface area contributed by atoms with E-state index in [1.54, 1.807) is 6.07 Å². The van der Waals surface area contributed by atoms with E-state index in [0.717, 1.165) is 36.3 Å². The number of nitrogens with one attached hydrogen (secondary N) is 1.